The SMILES string of the molecule is CC[C@H]1CC[C@H](n2cc3cc(Br)c(OC)c(C)c3n2)CC1. The summed E-state index contributed by atoms with van der Waals surface area (Å²) in [7, 11) is 1.71. The number of aryl methyl sites for hydroxylation is 1. The first kappa shape index (κ1) is 14.9. The van der Waals surface area contributed by atoms with Crippen LogP contribution in [0.25, 0.3) is 10.9 Å². The van der Waals surface area contributed by atoms with Crippen LogP contribution in [-0.2, 0) is 0 Å². The van der Waals surface area contributed by atoms with Crippen LogP contribution in [0.5, 0.6) is 5.75 Å². The molecular formula is C17H23BrN2O. The molecule has 1 aromatic heterocycles. The standard InChI is InChI=1S/C17H23BrN2O/c1-4-12-5-7-14(8-6-12)20-10-13-9-15(18)17(21-3)11(2)16(13)19-20/h9-10,12,14H,4-8H2,1-3H3/t12-,14-. The molecule has 1 aliphatic carbocycles. The number of aromatic nitrogens is 2. The van der Waals surface area contributed by atoms with Gasteiger partial charge in [-0.05, 0) is 60.5 Å². The third-order valence-corrected chi connectivity index (χ3v) is 5.52. The van der Waals surface area contributed by atoms with Gasteiger partial charge in [0.15, 0.2) is 0 Å². The molecule has 3 rings (SSSR count). The van der Waals surface area contributed by atoms with Crippen LogP contribution in [0, 0.1) is 12.8 Å². The first-order valence-electron chi connectivity index (χ1n) is 7.86. The van der Waals surface area contributed by atoms with E-state index in [0.29, 0.717) is 6.04 Å². The minimum absolute atomic E-state index is 0.560. The third kappa shape index (κ3) is 2.70. The second kappa shape index (κ2) is 5.99. The average Bonchev–Trinajstić information content (AvgIpc) is 2.92. The number of hydrogen-bond acceptors (Lipinski definition) is 2. The van der Waals surface area contributed by atoms with Gasteiger partial charge in [-0.1, -0.05) is 13.3 Å². The minimum Gasteiger partial charge on any atom is -0.495 e. The van der Waals surface area contributed by atoms with E-state index in [-0.39, 0.29) is 0 Å². The van der Waals surface area contributed by atoms with Crippen molar-refractivity contribution >= 4 is 26.8 Å². The largest absolute Gasteiger partial charge is 0.495 e. The highest BCUT2D eigenvalue weighted by Gasteiger charge is 2.23. The van der Waals surface area contributed by atoms with E-state index in [2.05, 4.69) is 46.7 Å². The summed E-state index contributed by atoms with van der Waals surface area (Å²) < 4.78 is 8.66. The number of fused-ring (bicyclic) bond motifs is 1. The number of rotatable bonds is 3. The Hall–Kier alpha value is -1.03. The molecule has 21 heavy (non-hydrogen) atoms. The Morgan fingerprint density at radius 2 is 2.05 bits per heavy atom. The zero-order chi connectivity index (χ0) is 15.0. The summed E-state index contributed by atoms with van der Waals surface area (Å²) in [6.07, 6.45) is 8.70. The Labute approximate surface area is 134 Å². The number of benzene rings is 1. The topological polar surface area (TPSA) is 27.1 Å². The average molecular weight is 351 g/mol. The molecule has 0 N–H and O–H groups in total. The summed E-state index contributed by atoms with van der Waals surface area (Å²) in [5.74, 6) is 1.81. The van der Waals surface area contributed by atoms with Crippen molar-refractivity contribution in [3.63, 3.8) is 0 Å². The van der Waals surface area contributed by atoms with Gasteiger partial charge in [-0.25, -0.2) is 0 Å². The number of nitrogens with zero attached hydrogens (tertiary/aromatic N) is 2. The molecule has 0 radical (unpaired) electrons. The van der Waals surface area contributed by atoms with Gasteiger partial charge in [-0.15, -0.1) is 0 Å². The summed E-state index contributed by atoms with van der Waals surface area (Å²) >= 11 is 3.59. The van der Waals surface area contributed by atoms with Crippen LogP contribution < -0.4 is 4.74 Å². The van der Waals surface area contributed by atoms with Crippen molar-refractivity contribution < 1.29 is 4.74 Å². The summed E-state index contributed by atoms with van der Waals surface area (Å²) in [6, 6.07) is 2.67. The molecule has 1 aromatic carbocycles. The zero-order valence-corrected chi connectivity index (χ0v) is 14.6. The number of methoxy groups -OCH3 is 1. The highest BCUT2D eigenvalue weighted by Crippen LogP contribution is 2.37. The third-order valence-electron chi connectivity index (χ3n) is 4.93. The van der Waals surface area contributed by atoms with Crippen molar-refractivity contribution in [2.75, 3.05) is 7.11 Å². The van der Waals surface area contributed by atoms with Gasteiger partial charge in [0, 0.05) is 17.1 Å². The zero-order valence-electron chi connectivity index (χ0n) is 13.0. The van der Waals surface area contributed by atoms with Gasteiger partial charge in [0.05, 0.1) is 23.1 Å². The summed E-state index contributed by atoms with van der Waals surface area (Å²) in [5.41, 5.74) is 2.18. The Balaban J connectivity index is 1.93. The lowest BCUT2D eigenvalue weighted by molar-refractivity contribution is 0.257. The highest BCUT2D eigenvalue weighted by atomic mass is 79.9. The van der Waals surface area contributed by atoms with Crippen molar-refractivity contribution in [3.05, 3.63) is 22.3 Å². The Morgan fingerprint density at radius 3 is 2.67 bits per heavy atom. The lowest BCUT2D eigenvalue weighted by Gasteiger charge is -2.27. The lowest BCUT2D eigenvalue weighted by atomic mass is 9.85. The van der Waals surface area contributed by atoms with Crippen molar-refractivity contribution in [2.45, 2.75) is 52.0 Å². The van der Waals surface area contributed by atoms with Gasteiger partial charge in [-0.3, -0.25) is 4.68 Å². The predicted molar refractivity (Wildman–Crippen MR) is 90.0 cm³/mol. The molecule has 0 saturated heterocycles. The fraction of sp³-hybridized carbons (Fsp3) is 0.588. The number of halogens is 1. The monoisotopic (exact) mass is 350 g/mol. The molecule has 0 spiro atoms. The lowest BCUT2D eigenvalue weighted by Crippen LogP contribution is -2.18. The van der Waals surface area contributed by atoms with Crippen LogP contribution in [0.4, 0.5) is 0 Å². The van der Waals surface area contributed by atoms with Crippen LogP contribution in [0.15, 0.2) is 16.7 Å². The first-order chi connectivity index (χ1) is 10.1. The first-order valence-corrected chi connectivity index (χ1v) is 8.65. The van der Waals surface area contributed by atoms with Crippen molar-refractivity contribution in [1.29, 1.82) is 0 Å². The van der Waals surface area contributed by atoms with E-state index >= 15 is 0 Å². The van der Waals surface area contributed by atoms with Crippen LogP contribution in [0.1, 0.15) is 50.6 Å². The van der Waals surface area contributed by atoms with Gasteiger partial charge in [-0.2, -0.15) is 5.10 Å². The van der Waals surface area contributed by atoms with Gasteiger partial charge >= 0.3 is 0 Å². The normalized spacial score (nSPS) is 22.7. The Kier molecular flexibility index (Phi) is 4.25. The van der Waals surface area contributed by atoms with Gasteiger partial charge in [0.25, 0.3) is 0 Å². The Morgan fingerprint density at radius 1 is 1.33 bits per heavy atom. The van der Waals surface area contributed by atoms with E-state index in [1.54, 1.807) is 7.11 Å². The highest BCUT2D eigenvalue weighted by molar-refractivity contribution is 9.10. The predicted octanol–water partition coefficient (Wildman–Crippen LogP) is 5.26. The maximum atomic E-state index is 5.47. The summed E-state index contributed by atoms with van der Waals surface area (Å²) in [4.78, 5) is 0. The molecule has 3 nitrogen and oxygen atoms in total. The molecule has 0 aliphatic heterocycles. The maximum Gasteiger partial charge on any atom is 0.138 e. The molecule has 0 bridgehead atoms. The fourth-order valence-corrected chi connectivity index (χ4v) is 4.25. The van der Waals surface area contributed by atoms with E-state index in [9.17, 15) is 0 Å². The molecule has 4 heteroatoms. The molecule has 0 amide bonds. The maximum absolute atomic E-state index is 5.47. The van der Waals surface area contributed by atoms with Crippen molar-refractivity contribution in [2.24, 2.45) is 5.92 Å². The van der Waals surface area contributed by atoms with E-state index in [1.807, 2.05) is 0 Å². The van der Waals surface area contributed by atoms with Crippen LogP contribution >= 0.6 is 15.9 Å². The molecule has 114 valence electrons. The molecule has 1 heterocycles. The van der Waals surface area contributed by atoms with Crippen LogP contribution in [0.2, 0.25) is 0 Å². The van der Waals surface area contributed by atoms with Crippen molar-refractivity contribution in [3.8, 4) is 5.75 Å². The molecule has 1 aliphatic rings. The molecule has 1 fully saturated rings. The van der Waals surface area contributed by atoms with E-state index in [4.69, 9.17) is 9.84 Å². The van der Waals surface area contributed by atoms with E-state index in [1.165, 1.54) is 37.5 Å². The molecular weight excluding hydrogens is 328 g/mol. The van der Waals surface area contributed by atoms with Gasteiger partial charge in [0.1, 0.15) is 5.75 Å². The minimum atomic E-state index is 0.560. The smallest absolute Gasteiger partial charge is 0.138 e. The number of hydrogen-bond donors (Lipinski definition) is 0. The molecule has 0 unspecified atom stereocenters. The quantitative estimate of drug-likeness (QED) is 0.754. The molecule has 2 aromatic rings. The summed E-state index contributed by atoms with van der Waals surface area (Å²) in [6.45, 7) is 4.39. The van der Waals surface area contributed by atoms with Crippen LogP contribution in [-0.4, -0.2) is 16.9 Å². The second-order valence-electron chi connectivity index (χ2n) is 6.15. The Bertz CT molecular complexity index is 642. The molecule has 1 saturated carbocycles. The van der Waals surface area contributed by atoms with E-state index in [0.717, 1.165) is 27.2 Å². The van der Waals surface area contributed by atoms with Crippen LogP contribution in [0.3, 0.4) is 0 Å². The van der Waals surface area contributed by atoms with Crippen molar-refractivity contribution in [1.82, 2.24) is 9.78 Å². The summed E-state index contributed by atoms with van der Waals surface area (Å²) in [5, 5.41) is 6.04. The fourth-order valence-electron chi connectivity index (χ4n) is 3.55. The van der Waals surface area contributed by atoms with E-state index < -0.39 is 0 Å². The second-order valence-corrected chi connectivity index (χ2v) is 7.00. The number of ether oxygens (including phenoxy) is 1. The van der Waals surface area contributed by atoms with Gasteiger partial charge in [0.2, 0.25) is 0 Å². The van der Waals surface area contributed by atoms with Gasteiger partial charge < -0.3 is 4.74 Å². The molecule has 0 atom stereocenters.